The summed E-state index contributed by atoms with van der Waals surface area (Å²) in [7, 11) is -5.12. The topological polar surface area (TPSA) is 90.1 Å². The minimum absolute atomic E-state index is 0. The molecule has 0 saturated carbocycles. The second-order valence-corrected chi connectivity index (χ2v) is 4.81. The van der Waals surface area contributed by atoms with E-state index in [-0.39, 0.29) is 70.1 Å². The Hall–Kier alpha value is 0.380. The number of rotatable bonds is 3. The van der Waals surface area contributed by atoms with Gasteiger partial charge in [0.2, 0.25) is 0 Å². The van der Waals surface area contributed by atoms with Crippen molar-refractivity contribution in [2.45, 2.75) is 6.54 Å². The van der Waals surface area contributed by atoms with Crippen molar-refractivity contribution < 1.29 is 73.5 Å². The first kappa shape index (κ1) is 19.4. The van der Waals surface area contributed by atoms with Crippen LogP contribution in [0, 0.1) is 0 Å². The summed E-state index contributed by atoms with van der Waals surface area (Å²) in [5.41, 5.74) is -0.0421. The Morgan fingerprint density at radius 2 is 1.63 bits per heavy atom. The number of benzene rings is 1. The number of hydrogen-bond acceptors (Lipinski definition) is 4. The van der Waals surface area contributed by atoms with E-state index in [1.165, 1.54) is 6.20 Å². The van der Waals surface area contributed by atoms with Gasteiger partial charge in [-0.3, -0.25) is 9.48 Å². The van der Waals surface area contributed by atoms with Gasteiger partial charge in [0.1, 0.15) is 0 Å². The van der Waals surface area contributed by atoms with Crippen LogP contribution in [0.1, 0.15) is 5.56 Å². The smallest absolute Gasteiger partial charge is 0.793 e. The summed E-state index contributed by atoms with van der Waals surface area (Å²) in [4.78, 5) is 33.1. The number of nitrogens with zero attached hydrogens (tertiary/aromatic N) is 2. The van der Waals surface area contributed by atoms with Gasteiger partial charge >= 0.3 is 59.1 Å². The molecule has 0 aliphatic carbocycles. The summed E-state index contributed by atoms with van der Waals surface area (Å²) in [6, 6.07) is 9.99. The third-order valence-corrected chi connectivity index (χ3v) is 3.14. The van der Waals surface area contributed by atoms with E-state index in [2.05, 4.69) is 0 Å². The normalized spacial score (nSPS) is 10.4. The van der Waals surface area contributed by atoms with Gasteiger partial charge in [0.15, 0.2) is 0 Å². The molecule has 0 spiro atoms. The SMILES string of the molecule is O=c1ccn(Cc2ccccc2)n1P(=O)([O-])[O-].[Na+].[Na+]. The van der Waals surface area contributed by atoms with Gasteiger partial charge in [0, 0.05) is 12.3 Å². The van der Waals surface area contributed by atoms with Crippen molar-refractivity contribution in [3.05, 3.63) is 58.5 Å². The quantitative estimate of drug-likeness (QED) is 0.416. The molecule has 1 aromatic heterocycles. The first-order chi connectivity index (χ1) is 7.98. The minimum Gasteiger partial charge on any atom is -0.793 e. The third kappa shape index (κ3) is 5.01. The summed E-state index contributed by atoms with van der Waals surface area (Å²) in [5.74, 6) is 0. The average Bonchev–Trinajstić information content (AvgIpc) is 2.60. The van der Waals surface area contributed by atoms with E-state index in [9.17, 15) is 19.1 Å². The van der Waals surface area contributed by atoms with Crippen molar-refractivity contribution in [1.29, 1.82) is 0 Å². The molecular weight excluding hydrogens is 289 g/mol. The molecule has 19 heavy (non-hydrogen) atoms. The van der Waals surface area contributed by atoms with Crippen LogP contribution >= 0.6 is 7.75 Å². The monoisotopic (exact) mass is 298 g/mol. The van der Waals surface area contributed by atoms with Crippen LogP contribution in [0.25, 0.3) is 0 Å². The van der Waals surface area contributed by atoms with Crippen LogP contribution in [0.15, 0.2) is 47.4 Å². The van der Waals surface area contributed by atoms with Crippen molar-refractivity contribution in [1.82, 2.24) is 9.13 Å². The first-order valence-corrected chi connectivity index (χ1v) is 6.33. The van der Waals surface area contributed by atoms with Crippen LogP contribution in [0.4, 0.5) is 0 Å². The van der Waals surface area contributed by atoms with Gasteiger partial charge in [0.05, 0.1) is 14.3 Å². The van der Waals surface area contributed by atoms with Crippen LogP contribution in [-0.4, -0.2) is 9.13 Å². The molecule has 0 aliphatic heterocycles. The van der Waals surface area contributed by atoms with Crippen molar-refractivity contribution >= 4 is 7.75 Å². The van der Waals surface area contributed by atoms with E-state index in [1.807, 2.05) is 6.07 Å². The van der Waals surface area contributed by atoms with Crippen molar-refractivity contribution in [3.8, 4) is 0 Å². The summed E-state index contributed by atoms with van der Waals surface area (Å²) >= 11 is 0. The standard InChI is InChI=1S/C10H11N2O4P.2Na/c13-10-6-7-11(12(10)17(14,15)16)8-9-4-2-1-3-5-9;;/h1-7H,8H2,(H2,14,15,16);;/q;2*+1/p-2. The maximum absolute atomic E-state index is 11.2. The number of aromatic nitrogens is 2. The van der Waals surface area contributed by atoms with Gasteiger partial charge in [-0.15, -0.1) is 0 Å². The second kappa shape index (κ2) is 7.98. The van der Waals surface area contributed by atoms with Gasteiger partial charge < -0.3 is 14.4 Å². The van der Waals surface area contributed by atoms with Crippen LogP contribution < -0.4 is 74.5 Å². The van der Waals surface area contributed by atoms with Crippen molar-refractivity contribution in [3.63, 3.8) is 0 Å². The third-order valence-electron chi connectivity index (χ3n) is 2.25. The minimum atomic E-state index is -5.12. The van der Waals surface area contributed by atoms with Crippen LogP contribution in [-0.2, 0) is 11.1 Å². The first-order valence-electron chi connectivity index (χ1n) is 4.84. The van der Waals surface area contributed by atoms with E-state index in [0.717, 1.165) is 16.3 Å². The predicted molar refractivity (Wildman–Crippen MR) is 57.2 cm³/mol. The summed E-state index contributed by atoms with van der Waals surface area (Å²) in [6.45, 7) is 0.150. The molecule has 90 valence electrons. The molecule has 0 atom stereocenters. The van der Waals surface area contributed by atoms with E-state index in [4.69, 9.17) is 0 Å². The molecule has 0 aliphatic rings. The van der Waals surface area contributed by atoms with Gasteiger partial charge in [-0.05, 0) is 5.56 Å². The van der Waals surface area contributed by atoms with Crippen molar-refractivity contribution in [2.24, 2.45) is 0 Å². The molecule has 6 nitrogen and oxygen atoms in total. The number of hydrogen-bond donors (Lipinski definition) is 0. The Bertz CT molecular complexity index is 620. The molecule has 0 unspecified atom stereocenters. The maximum Gasteiger partial charge on any atom is 1.00 e. The fourth-order valence-corrected chi connectivity index (χ4v) is 2.27. The van der Waals surface area contributed by atoms with E-state index >= 15 is 0 Å². The molecular formula is C10H9N2Na2O4P. The molecule has 0 N–H and O–H groups in total. The van der Waals surface area contributed by atoms with E-state index < -0.39 is 13.3 Å². The largest absolute Gasteiger partial charge is 1.00 e. The summed E-state index contributed by atoms with van der Waals surface area (Å²) < 4.78 is 12.3. The molecule has 0 amide bonds. The zero-order valence-corrected chi connectivity index (χ0v) is 15.6. The molecule has 2 rings (SSSR count). The molecule has 1 heterocycles. The Morgan fingerprint density at radius 3 is 2.16 bits per heavy atom. The average molecular weight is 298 g/mol. The fraction of sp³-hybridized carbons (Fsp3) is 0.100. The zero-order chi connectivity index (χ0) is 12.5. The molecule has 0 radical (unpaired) electrons. The van der Waals surface area contributed by atoms with Gasteiger partial charge in [-0.2, -0.15) is 0 Å². The Labute approximate surface area is 154 Å². The Kier molecular flexibility index (Phi) is 8.14. The fourth-order valence-electron chi connectivity index (χ4n) is 1.56. The van der Waals surface area contributed by atoms with Gasteiger partial charge in [-0.25, -0.2) is 4.45 Å². The molecule has 0 fully saturated rings. The van der Waals surface area contributed by atoms with E-state index in [1.54, 1.807) is 24.3 Å². The second-order valence-electron chi connectivity index (χ2n) is 3.50. The van der Waals surface area contributed by atoms with Gasteiger partial charge in [-0.1, -0.05) is 30.3 Å². The Morgan fingerprint density at radius 1 is 1.05 bits per heavy atom. The van der Waals surface area contributed by atoms with Gasteiger partial charge in [0.25, 0.3) is 5.56 Å². The van der Waals surface area contributed by atoms with E-state index in [0.29, 0.717) is 0 Å². The predicted octanol–water partition coefficient (Wildman–Crippen LogP) is -6.62. The van der Waals surface area contributed by atoms with Crippen LogP contribution in [0.2, 0.25) is 0 Å². The maximum atomic E-state index is 11.2. The zero-order valence-electron chi connectivity index (χ0n) is 10.7. The van der Waals surface area contributed by atoms with Crippen LogP contribution in [0.5, 0.6) is 0 Å². The Balaban J connectivity index is 0.00000162. The summed E-state index contributed by atoms with van der Waals surface area (Å²) in [5, 5.41) is 0. The summed E-state index contributed by atoms with van der Waals surface area (Å²) in [6.07, 6.45) is 1.28. The molecule has 1 aromatic carbocycles. The molecule has 0 bridgehead atoms. The molecule has 2 aromatic rings. The van der Waals surface area contributed by atoms with Crippen molar-refractivity contribution in [2.75, 3.05) is 0 Å². The molecule has 9 heteroatoms. The molecule has 0 saturated heterocycles. The van der Waals surface area contributed by atoms with Crippen LogP contribution in [0.3, 0.4) is 0 Å².